The van der Waals surface area contributed by atoms with Gasteiger partial charge in [-0.3, -0.25) is 4.90 Å². The van der Waals surface area contributed by atoms with Gasteiger partial charge in [-0.15, -0.1) is 0 Å². The van der Waals surface area contributed by atoms with Crippen LogP contribution in [-0.4, -0.2) is 49.3 Å². The second kappa shape index (κ2) is 6.36. The van der Waals surface area contributed by atoms with Gasteiger partial charge >= 0.3 is 0 Å². The van der Waals surface area contributed by atoms with Crippen LogP contribution in [0.5, 0.6) is 0 Å². The molecule has 18 heavy (non-hydrogen) atoms. The Hall–Kier alpha value is -0.120. The molecule has 0 radical (unpaired) electrons. The Labute approximate surface area is 112 Å². The Bertz CT molecular complexity index is 257. The fourth-order valence-electron chi connectivity index (χ4n) is 3.69. The van der Waals surface area contributed by atoms with E-state index in [1.807, 2.05) is 7.11 Å². The van der Waals surface area contributed by atoms with E-state index in [0.29, 0.717) is 30.1 Å². The maximum atomic E-state index is 5.71. The quantitative estimate of drug-likeness (QED) is 0.833. The van der Waals surface area contributed by atoms with Crippen LogP contribution in [0.4, 0.5) is 0 Å². The van der Waals surface area contributed by atoms with Gasteiger partial charge in [-0.05, 0) is 31.6 Å². The molecule has 1 aliphatic heterocycles. The first-order valence-electron chi connectivity index (χ1n) is 7.69. The molecule has 0 aromatic carbocycles. The van der Waals surface area contributed by atoms with E-state index >= 15 is 0 Å². The number of piperazine rings is 1. The average molecular weight is 254 g/mol. The summed E-state index contributed by atoms with van der Waals surface area (Å²) in [6, 6.07) is 1.99. The van der Waals surface area contributed by atoms with E-state index in [0.717, 1.165) is 6.54 Å². The highest BCUT2D eigenvalue weighted by molar-refractivity contribution is 4.95. The van der Waals surface area contributed by atoms with Crippen molar-refractivity contribution in [3.05, 3.63) is 0 Å². The summed E-state index contributed by atoms with van der Waals surface area (Å²) in [5.41, 5.74) is 0. The molecule has 4 atom stereocenters. The number of nitrogens with one attached hydrogen (secondary N) is 1. The summed E-state index contributed by atoms with van der Waals surface area (Å²) in [6.45, 7) is 9.33. The van der Waals surface area contributed by atoms with Crippen molar-refractivity contribution in [3.8, 4) is 0 Å². The molecule has 1 saturated carbocycles. The summed E-state index contributed by atoms with van der Waals surface area (Å²) in [4.78, 5) is 2.76. The lowest BCUT2D eigenvalue weighted by molar-refractivity contribution is -0.0151. The van der Waals surface area contributed by atoms with Gasteiger partial charge in [0.25, 0.3) is 0 Å². The topological polar surface area (TPSA) is 24.5 Å². The Morgan fingerprint density at radius 2 is 2.11 bits per heavy atom. The SMILES string of the molecule is CCC1CN(C2CCCC2OC)C(C(C)C)CN1. The van der Waals surface area contributed by atoms with Crippen molar-refractivity contribution in [1.29, 1.82) is 0 Å². The highest BCUT2D eigenvalue weighted by Crippen LogP contribution is 2.31. The van der Waals surface area contributed by atoms with Gasteiger partial charge in [-0.1, -0.05) is 20.8 Å². The molecule has 1 saturated heterocycles. The standard InChI is InChI=1S/C15H30N2O/c1-5-12-10-17(14(9-16-12)11(2)3)13-7-6-8-15(13)18-4/h11-16H,5-10H2,1-4H3. The Balaban J connectivity index is 2.08. The summed E-state index contributed by atoms with van der Waals surface area (Å²) in [5, 5.41) is 3.70. The van der Waals surface area contributed by atoms with Gasteiger partial charge in [-0.2, -0.15) is 0 Å². The normalized spacial score (nSPS) is 38.5. The first-order valence-corrected chi connectivity index (χ1v) is 7.69. The van der Waals surface area contributed by atoms with Crippen molar-refractivity contribution in [2.24, 2.45) is 5.92 Å². The molecule has 1 heterocycles. The summed E-state index contributed by atoms with van der Waals surface area (Å²) in [6.07, 6.45) is 5.58. The van der Waals surface area contributed by atoms with Gasteiger partial charge in [-0.25, -0.2) is 0 Å². The second-order valence-corrected chi connectivity index (χ2v) is 6.29. The molecule has 0 spiro atoms. The van der Waals surface area contributed by atoms with Gasteiger partial charge in [0.2, 0.25) is 0 Å². The molecule has 0 amide bonds. The first kappa shape index (κ1) is 14.3. The molecule has 1 aliphatic carbocycles. The molecule has 2 rings (SSSR count). The van der Waals surface area contributed by atoms with Gasteiger partial charge < -0.3 is 10.1 Å². The fraction of sp³-hybridized carbons (Fsp3) is 1.00. The number of hydrogen-bond donors (Lipinski definition) is 1. The fourth-order valence-corrected chi connectivity index (χ4v) is 3.69. The van der Waals surface area contributed by atoms with Gasteiger partial charge in [0, 0.05) is 38.3 Å². The number of nitrogens with zero attached hydrogens (tertiary/aromatic N) is 1. The van der Waals surface area contributed by atoms with E-state index in [1.54, 1.807) is 0 Å². The lowest BCUT2D eigenvalue weighted by Crippen LogP contribution is -2.62. The summed E-state index contributed by atoms with van der Waals surface area (Å²) in [7, 11) is 1.88. The van der Waals surface area contributed by atoms with Crippen molar-refractivity contribution >= 4 is 0 Å². The lowest BCUT2D eigenvalue weighted by Gasteiger charge is -2.46. The number of hydrogen-bond acceptors (Lipinski definition) is 3. The highest BCUT2D eigenvalue weighted by Gasteiger charge is 2.39. The van der Waals surface area contributed by atoms with Crippen molar-refractivity contribution in [2.45, 2.75) is 70.7 Å². The zero-order chi connectivity index (χ0) is 13.1. The molecular weight excluding hydrogens is 224 g/mol. The smallest absolute Gasteiger partial charge is 0.0726 e. The zero-order valence-electron chi connectivity index (χ0n) is 12.5. The van der Waals surface area contributed by atoms with Gasteiger partial charge in [0.15, 0.2) is 0 Å². The van der Waals surface area contributed by atoms with Crippen LogP contribution in [0, 0.1) is 5.92 Å². The van der Waals surface area contributed by atoms with Crippen LogP contribution in [-0.2, 0) is 4.74 Å². The summed E-state index contributed by atoms with van der Waals surface area (Å²) in [5.74, 6) is 0.716. The third kappa shape index (κ3) is 2.89. The van der Waals surface area contributed by atoms with E-state index in [2.05, 4.69) is 31.0 Å². The largest absolute Gasteiger partial charge is 0.380 e. The van der Waals surface area contributed by atoms with E-state index in [-0.39, 0.29) is 0 Å². The van der Waals surface area contributed by atoms with Crippen LogP contribution in [0.3, 0.4) is 0 Å². The Morgan fingerprint density at radius 1 is 1.33 bits per heavy atom. The van der Waals surface area contributed by atoms with Crippen LogP contribution in [0.15, 0.2) is 0 Å². The van der Waals surface area contributed by atoms with E-state index in [4.69, 9.17) is 4.74 Å². The van der Waals surface area contributed by atoms with E-state index in [9.17, 15) is 0 Å². The molecule has 106 valence electrons. The van der Waals surface area contributed by atoms with Crippen LogP contribution < -0.4 is 5.32 Å². The maximum Gasteiger partial charge on any atom is 0.0726 e. The number of rotatable bonds is 4. The van der Waals surface area contributed by atoms with Crippen molar-refractivity contribution in [2.75, 3.05) is 20.2 Å². The molecule has 0 aromatic heterocycles. The highest BCUT2D eigenvalue weighted by atomic mass is 16.5. The van der Waals surface area contributed by atoms with Crippen LogP contribution in [0.1, 0.15) is 46.5 Å². The summed E-state index contributed by atoms with van der Waals surface area (Å²) >= 11 is 0. The van der Waals surface area contributed by atoms with Crippen molar-refractivity contribution < 1.29 is 4.74 Å². The Kier molecular flexibility index (Phi) is 5.05. The van der Waals surface area contributed by atoms with Gasteiger partial charge in [0.05, 0.1) is 6.10 Å². The van der Waals surface area contributed by atoms with Gasteiger partial charge in [0.1, 0.15) is 0 Å². The molecular formula is C15H30N2O. The molecule has 0 bridgehead atoms. The third-order valence-electron chi connectivity index (χ3n) is 4.88. The predicted molar refractivity (Wildman–Crippen MR) is 75.8 cm³/mol. The number of methoxy groups -OCH3 is 1. The van der Waals surface area contributed by atoms with E-state index < -0.39 is 0 Å². The third-order valence-corrected chi connectivity index (χ3v) is 4.88. The second-order valence-electron chi connectivity index (χ2n) is 6.29. The number of ether oxygens (including phenoxy) is 1. The van der Waals surface area contributed by atoms with Crippen LogP contribution in [0.2, 0.25) is 0 Å². The molecule has 2 fully saturated rings. The van der Waals surface area contributed by atoms with E-state index in [1.165, 1.54) is 32.2 Å². The molecule has 0 aromatic rings. The molecule has 4 unspecified atom stereocenters. The monoisotopic (exact) mass is 254 g/mol. The lowest BCUT2D eigenvalue weighted by atomic mass is 9.94. The minimum absolute atomic E-state index is 0.460. The van der Waals surface area contributed by atoms with Crippen molar-refractivity contribution in [1.82, 2.24) is 10.2 Å². The van der Waals surface area contributed by atoms with Crippen molar-refractivity contribution in [3.63, 3.8) is 0 Å². The minimum atomic E-state index is 0.460. The first-order chi connectivity index (χ1) is 8.67. The average Bonchev–Trinajstić information content (AvgIpc) is 2.85. The molecule has 3 heteroatoms. The molecule has 1 N–H and O–H groups in total. The van der Waals surface area contributed by atoms with Crippen LogP contribution >= 0.6 is 0 Å². The molecule has 2 aliphatic rings. The minimum Gasteiger partial charge on any atom is -0.380 e. The predicted octanol–water partition coefficient (Wildman–Crippen LogP) is 2.26. The summed E-state index contributed by atoms with van der Waals surface area (Å²) < 4.78 is 5.71. The zero-order valence-corrected chi connectivity index (χ0v) is 12.5. The molecule has 3 nitrogen and oxygen atoms in total. The Morgan fingerprint density at radius 3 is 2.72 bits per heavy atom. The maximum absolute atomic E-state index is 5.71. The van der Waals surface area contributed by atoms with Crippen LogP contribution in [0.25, 0.3) is 0 Å².